The molecular weight excluding hydrogens is 182 g/mol. The number of hydrogen-bond acceptors (Lipinski definition) is 2. The van der Waals surface area contributed by atoms with Crippen LogP contribution in [-0.4, -0.2) is 15.2 Å². The number of nitrogens with zero attached hydrogens (tertiary/aromatic N) is 1. The highest BCUT2D eigenvalue weighted by Crippen LogP contribution is 2.36. The van der Waals surface area contributed by atoms with Crippen LogP contribution in [0.3, 0.4) is 0 Å². The largest absolute Gasteiger partial charge is 0.285 e. The maximum Gasteiger partial charge on any atom is 0.213 e. The van der Waals surface area contributed by atoms with E-state index in [1.165, 1.54) is 32.1 Å². The van der Waals surface area contributed by atoms with Gasteiger partial charge in [0, 0.05) is 5.41 Å². The number of aromatic amines is 2. The van der Waals surface area contributed by atoms with E-state index in [0.29, 0.717) is 4.77 Å². The molecule has 1 saturated carbocycles. The quantitative estimate of drug-likeness (QED) is 0.680. The summed E-state index contributed by atoms with van der Waals surface area (Å²) in [6, 6.07) is 0. The fourth-order valence-electron chi connectivity index (χ4n) is 2.12. The first kappa shape index (κ1) is 8.94. The highest BCUT2D eigenvalue weighted by molar-refractivity contribution is 7.71. The molecule has 1 aliphatic rings. The van der Waals surface area contributed by atoms with Crippen molar-refractivity contribution in [1.82, 2.24) is 15.2 Å². The predicted octanol–water partition coefficient (Wildman–Crippen LogP) is 2.69. The molecule has 0 saturated heterocycles. The van der Waals surface area contributed by atoms with Crippen LogP contribution >= 0.6 is 12.2 Å². The van der Waals surface area contributed by atoms with Gasteiger partial charge in [0.15, 0.2) is 0 Å². The summed E-state index contributed by atoms with van der Waals surface area (Å²) in [7, 11) is 0. The standard InChI is InChI=1S/C9H15N3S/c1-9(5-3-2-4-6-9)7-10-8(13)12-11-7/h2-6H2,1H3,(H2,10,11,12,13). The first-order valence-corrected chi connectivity index (χ1v) is 5.27. The molecule has 2 N–H and O–H groups in total. The van der Waals surface area contributed by atoms with Crippen LogP contribution < -0.4 is 0 Å². The van der Waals surface area contributed by atoms with E-state index < -0.39 is 0 Å². The summed E-state index contributed by atoms with van der Waals surface area (Å²) in [5.74, 6) is 1.04. The minimum atomic E-state index is 0.228. The van der Waals surface area contributed by atoms with E-state index in [2.05, 4.69) is 22.1 Å². The first-order valence-electron chi connectivity index (χ1n) is 4.86. The molecule has 1 aliphatic carbocycles. The van der Waals surface area contributed by atoms with Crippen molar-refractivity contribution >= 4 is 12.2 Å². The van der Waals surface area contributed by atoms with Gasteiger partial charge in [-0.15, -0.1) is 0 Å². The smallest absolute Gasteiger partial charge is 0.213 e. The lowest BCUT2D eigenvalue weighted by molar-refractivity contribution is 0.304. The van der Waals surface area contributed by atoms with Crippen molar-refractivity contribution in [3.63, 3.8) is 0 Å². The Kier molecular flexibility index (Phi) is 2.24. The van der Waals surface area contributed by atoms with Crippen LogP contribution in [0.5, 0.6) is 0 Å². The molecule has 0 bridgehead atoms. The summed E-state index contributed by atoms with van der Waals surface area (Å²) in [6.45, 7) is 2.27. The summed E-state index contributed by atoms with van der Waals surface area (Å²) in [5.41, 5.74) is 0.228. The van der Waals surface area contributed by atoms with Gasteiger partial charge < -0.3 is 0 Å². The zero-order valence-corrected chi connectivity index (χ0v) is 8.71. The van der Waals surface area contributed by atoms with Crippen LogP contribution in [0.1, 0.15) is 44.9 Å². The Morgan fingerprint density at radius 3 is 2.46 bits per heavy atom. The second-order valence-electron chi connectivity index (χ2n) is 4.14. The molecule has 0 aromatic carbocycles. The van der Waals surface area contributed by atoms with Crippen molar-refractivity contribution in [2.75, 3.05) is 0 Å². The minimum Gasteiger partial charge on any atom is -0.285 e. The van der Waals surface area contributed by atoms with Gasteiger partial charge in [-0.2, -0.15) is 0 Å². The summed E-state index contributed by atoms with van der Waals surface area (Å²) in [6.07, 6.45) is 6.43. The van der Waals surface area contributed by atoms with E-state index in [-0.39, 0.29) is 5.41 Å². The molecule has 1 aromatic heterocycles. The van der Waals surface area contributed by atoms with Gasteiger partial charge in [0.2, 0.25) is 4.77 Å². The monoisotopic (exact) mass is 197 g/mol. The zero-order valence-electron chi connectivity index (χ0n) is 7.89. The molecule has 1 heterocycles. The molecule has 4 heteroatoms. The lowest BCUT2D eigenvalue weighted by atomic mass is 9.75. The molecule has 0 aliphatic heterocycles. The van der Waals surface area contributed by atoms with Crippen LogP contribution in [0.15, 0.2) is 0 Å². The summed E-state index contributed by atoms with van der Waals surface area (Å²) >= 11 is 4.95. The lowest BCUT2D eigenvalue weighted by Gasteiger charge is -2.30. The number of hydrogen-bond donors (Lipinski definition) is 2. The highest BCUT2D eigenvalue weighted by atomic mass is 32.1. The molecular formula is C9H15N3S. The van der Waals surface area contributed by atoms with Crippen molar-refractivity contribution in [2.45, 2.75) is 44.4 Å². The van der Waals surface area contributed by atoms with Gasteiger partial charge >= 0.3 is 0 Å². The van der Waals surface area contributed by atoms with Crippen LogP contribution in [-0.2, 0) is 5.41 Å². The molecule has 0 radical (unpaired) electrons. The van der Waals surface area contributed by atoms with Crippen LogP contribution in [0.4, 0.5) is 0 Å². The molecule has 0 atom stereocenters. The fraction of sp³-hybridized carbons (Fsp3) is 0.778. The SMILES string of the molecule is CC1(c2nc(=S)[nH][nH]2)CCCCC1. The summed E-state index contributed by atoms with van der Waals surface area (Å²) in [4.78, 5) is 4.31. The minimum absolute atomic E-state index is 0.228. The van der Waals surface area contributed by atoms with E-state index in [4.69, 9.17) is 12.2 Å². The Hall–Kier alpha value is -0.640. The third-order valence-electron chi connectivity index (χ3n) is 3.03. The normalized spacial score (nSPS) is 21.6. The van der Waals surface area contributed by atoms with Crippen LogP contribution in [0.2, 0.25) is 0 Å². The van der Waals surface area contributed by atoms with Gasteiger partial charge in [0.25, 0.3) is 0 Å². The van der Waals surface area contributed by atoms with Gasteiger partial charge in [0.1, 0.15) is 5.82 Å². The Morgan fingerprint density at radius 2 is 1.92 bits per heavy atom. The molecule has 0 amide bonds. The van der Waals surface area contributed by atoms with Crippen molar-refractivity contribution in [3.05, 3.63) is 10.6 Å². The topological polar surface area (TPSA) is 44.5 Å². The van der Waals surface area contributed by atoms with E-state index in [1.54, 1.807) is 0 Å². The number of rotatable bonds is 1. The number of H-pyrrole nitrogens is 2. The predicted molar refractivity (Wildman–Crippen MR) is 54.2 cm³/mol. The third-order valence-corrected chi connectivity index (χ3v) is 3.22. The summed E-state index contributed by atoms with van der Waals surface area (Å²) < 4.78 is 0.571. The van der Waals surface area contributed by atoms with Crippen molar-refractivity contribution < 1.29 is 0 Å². The van der Waals surface area contributed by atoms with Gasteiger partial charge in [-0.3, -0.25) is 10.2 Å². The van der Waals surface area contributed by atoms with E-state index in [0.717, 1.165) is 5.82 Å². The van der Waals surface area contributed by atoms with Crippen LogP contribution in [0, 0.1) is 4.77 Å². The number of aromatic nitrogens is 3. The summed E-state index contributed by atoms with van der Waals surface area (Å²) in [5, 5.41) is 5.95. The molecule has 1 fully saturated rings. The Labute approximate surface area is 83.0 Å². The van der Waals surface area contributed by atoms with Gasteiger partial charge in [-0.25, -0.2) is 4.98 Å². The molecule has 1 aromatic rings. The average molecular weight is 197 g/mol. The molecule has 0 unspecified atom stereocenters. The Bertz CT molecular complexity index is 333. The molecule has 2 rings (SSSR count). The van der Waals surface area contributed by atoms with Crippen LogP contribution in [0.25, 0.3) is 0 Å². The van der Waals surface area contributed by atoms with Gasteiger partial charge in [-0.1, -0.05) is 26.2 Å². The first-order chi connectivity index (χ1) is 6.21. The van der Waals surface area contributed by atoms with Crippen molar-refractivity contribution in [2.24, 2.45) is 0 Å². The second-order valence-corrected chi connectivity index (χ2v) is 4.52. The highest BCUT2D eigenvalue weighted by Gasteiger charge is 2.31. The van der Waals surface area contributed by atoms with E-state index >= 15 is 0 Å². The lowest BCUT2D eigenvalue weighted by Crippen LogP contribution is -2.26. The molecule has 13 heavy (non-hydrogen) atoms. The van der Waals surface area contributed by atoms with Gasteiger partial charge in [-0.05, 0) is 25.1 Å². The van der Waals surface area contributed by atoms with E-state index in [1.807, 2.05) is 0 Å². The van der Waals surface area contributed by atoms with Crippen molar-refractivity contribution in [3.8, 4) is 0 Å². The maximum atomic E-state index is 4.95. The third kappa shape index (κ3) is 1.68. The molecule has 72 valence electrons. The fourth-order valence-corrected chi connectivity index (χ4v) is 2.27. The van der Waals surface area contributed by atoms with Gasteiger partial charge in [0.05, 0.1) is 0 Å². The zero-order chi connectivity index (χ0) is 9.31. The maximum absolute atomic E-state index is 4.95. The Balaban J connectivity index is 2.27. The number of nitrogens with one attached hydrogen (secondary N) is 2. The second kappa shape index (κ2) is 3.25. The molecule has 3 nitrogen and oxygen atoms in total. The Morgan fingerprint density at radius 1 is 1.23 bits per heavy atom. The average Bonchev–Trinajstić information content (AvgIpc) is 2.54. The molecule has 0 spiro atoms. The van der Waals surface area contributed by atoms with Crippen molar-refractivity contribution in [1.29, 1.82) is 0 Å². The van der Waals surface area contributed by atoms with E-state index in [9.17, 15) is 0 Å².